The Hall–Kier alpha value is -1.91. The average molecular weight is 439 g/mol. The summed E-state index contributed by atoms with van der Waals surface area (Å²) in [6, 6.07) is 5.29. The summed E-state index contributed by atoms with van der Waals surface area (Å²) in [6.07, 6.45) is 3.50. The smallest absolute Gasteiger partial charge is 0.241 e. The Balaban J connectivity index is 1.43. The maximum absolute atomic E-state index is 13.0. The summed E-state index contributed by atoms with van der Waals surface area (Å²) in [5.74, 6) is 0.745. The molecule has 1 unspecified atom stereocenters. The number of nitrogens with zero attached hydrogens (tertiary/aromatic N) is 4. The highest BCUT2D eigenvalue weighted by Gasteiger charge is 2.37. The van der Waals surface area contributed by atoms with Crippen LogP contribution in [-0.2, 0) is 14.8 Å². The van der Waals surface area contributed by atoms with Crippen LogP contribution in [0.1, 0.15) is 19.3 Å². The van der Waals surface area contributed by atoms with Crippen molar-refractivity contribution >= 4 is 42.6 Å². The molecule has 158 valence electrons. The predicted molar refractivity (Wildman–Crippen MR) is 114 cm³/mol. The minimum atomic E-state index is -3.38. The average Bonchev–Trinajstić information content (AvgIpc) is 3.16. The van der Waals surface area contributed by atoms with Gasteiger partial charge in [0.2, 0.25) is 15.9 Å². The van der Waals surface area contributed by atoms with Gasteiger partial charge < -0.3 is 14.5 Å². The monoisotopic (exact) mass is 438 g/mol. The lowest BCUT2D eigenvalue weighted by Gasteiger charge is -2.39. The van der Waals surface area contributed by atoms with Crippen molar-refractivity contribution in [3.8, 4) is 5.75 Å². The topological polar surface area (TPSA) is 83.1 Å². The minimum Gasteiger partial charge on any atom is -0.497 e. The van der Waals surface area contributed by atoms with E-state index in [0.29, 0.717) is 39.1 Å². The van der Waals surface area contributed by atoms with Crippen LogP contribution in [0.5, 0.6) is 5.75 Å². The lowest BCUT2D eigenvalue weighted by molar-refractivity contribution is -0.136. The van der Waals surface area contributed by atoms with Gasteiger partial charge in [-0.25, -0.2) is 13.4 Å². The summed E-state index contributed by atoms with van der Waals surface area (Å²) in [4.78, 5) is 21.8. The summed E-state index contributed by atoms with van der Waals surface area (Å²) in [6.45, 7) is 2.96. The van der Waals surface area contributed by atoms with E-state index in [2.05, 4.69) is 4.90 Å². The number of piperazine rings is 1. The van der Waals surface area contributed by atoms with Crippen LogP contribution in [0.25, 0.3) is 10.2 Å². The van der Waals surface area contributed by atoms with Crippen molar-refractivity contribution in [2.45, 2.75) is 25.3 Å². The van der Waals surface area contributed by atoms with Crippen LogP contribution < -0.4 is 9.64 Å². The van der Waals surface area contributed by atoms with E-state index in [0.717, 1.165) is 33.9 Å². The summed E-state index contributed by atoms with van der Waals surface area (Å²) in [7, 11) is -1.73. The zero-order chi connectivity index (χ0) is 20.6. The van der Waals surface area contributed by atoms with E-state index in [1.165, 1.54) is 10.6 Å². The number of carbonyl (C=O) groups excluding carboxylic acids is 1. The fourth-order valence-electron chi connectivity index (χ4n) is 4.03. The molecule has 0 spiro atoms. The molecular weight excluding hydrogens is 412 g/mol. The summed E-state index contributed by atoms with van der Waals surface area (Å²) >= 11 is 1.62. The van der Waals surface area contributed by atoms with Crippen LogP contribution in [0, 0.1) is 0 Å². The summed E-state index contributed by atoms with van der Waals surface area (Å²) < 4.78 is 31.9. The third-order valence-corrected chi connectivity index (χ3v) is 7.98. The lowest BCUT2D eigenvalue weighted by Crippen LogP contribution is -2.57. The fraction of sp³-hybridized carbons (Fsp3) is 0.579. The van der Waals surface area contributed by atoms with Gasteiger partial charge in [0.15, 0.2) is 5.13 Å². The number of rotatable bonds is 4. The molecule has 0 radical (unpaired) electrons. The number of hydrogen-bond donors (Lipinski definition) is 0. The van der Waals surface area contributed by atoms with E-state index in [1.807, 2.05) is 18.2 Å². The number of amides is 1. The first-order valence-electron chi connectivity index (χ1n) is 9.82. The molecule has 0 N–H and O–H groups in total. The van der Waals surface area contributed by atoms with Gasteiger partial charge in [-0.05, 0) is 31.0 Å². The molecular formula is C19H26N4O4S2. The van der Waals surface area contributed by atoms with Gasteiger partial charge in [0.25, 0.3) is 0 Å². The van der Waals surface area contributed by atoms with Crippen molar-refractivity contribution < 1.29 is 17.9 Å². The molecule has 1 aromatic carbocycles. The molecule has 0 saturated carbocycles. The van der Waals surface area contributed by atoms with E-state index < -0.39 is 16.1 Å². The van der Waals surface area contributed by atoms with Crippen LogP contribution in [-0.4, -0.2) is 80.6 Å². The first-order chi connectivity index (χ1) is 13.9. The fourth-order valence-corrected chi connectivity index (χ4v) is 6.20. The van der Waals surface area contributed by atoms with Crippen molar-refractivity contribution in [3.63, 3.8) is 0 Å². The Morgan fingerprint density at radius 3 is 2.62 bits per heavy atom. The van der Waals surface area contributed by atoms with E-state index in [-0.39, 0.29) is 5.91 Å². The molecule has 10 heteroatoms. The molecule has 1 amide bonds. The molecule has 4 rings (SSSR count). The van der Waals surface area contributed by atoms with E-state index >= 15 is 0 Å². The standard InChI is InChI=1S/C19H26N4O4S2/c1-27-14-6-7-15-17(13-14)28-19(20-15)22-11-9-21(10-12-22)18(24)16-5-3-4-8-23(16)29(2,25)26/h6-7,13,16H,3-5,8-12H2,1-2H3. The zero-order valence-electron chi connectivity index (χ0n) is 16.7. The van der Waals surface area contributed by atoms with Crippen molar-refractivity contribution in [1.29, 1.82) is 0 Å². The molecule has 1 aromatic heterocycles. The Morgan fingerprint density at radius 1 is 1.17 bits per heavy atom. The number of hydrogen-bond acceptors (Lipinski definition) is 7. The quantitative estimate of drug-likeness (QED) is 0.724. The van der Waals surface area contributed by atoms with Gasteiger partial charge in [-0.3, -0.25) is 4.79 Å². The number of piperidine rings is 1. The number of benzene rings is 1. The van der Waals surface area contributed by atoms with E-state index in [4.69, 9.17) is 9.72 Å². The second-order valence-corrected chi connectivity index (χ2v) is 10.5. The van der Waals surface area contributed by atoms with Crippen LogP contribution in [0.4, 0.5) is 5.13 Å². The van der Waals surface area contributed by atoms with Crippen molar-refractivity contribution in [2.24, 2.45) is 0 Å². The van der Waals surface area contributed by atoms with Crippen LogP contribution in [0.2, 0.25) is 0 Å². The zero-order valence-corrected chi connectivity index (χ0v) is 18.3. The molecule has 1 atom stereocenters. The number of sulfonamides is 1. The Bertz CT molecular complexity index is 999. The maximum Gasteiger partial charge on any atom is 0.241 e. The van der Waals surface area contributed by atoms with E-state index in [9.17, 15) is 13.2 Å². The van der Waals surface area contributed by atoms with Crippen molar-refractivity contribution in [2.75, 3.05) is 51.0 Å². The SMILES string of the molecule is COc1ccc2nc(N3CCN(C(=O)C4CCCCN4S(C)(=O)=O)CC3)sc2c1. The first-order valence-corrected chi connectivity index (χ1v) is 12.5. The number of methoxy groups -OCH3 is 1. The van der Waals surface area contributed by atoms with Crippen molar-refractivity contribution in [1.82, 2.24) is 14.2 Å². The number of thiazole rings is 1. The molecule has 2 saturated heterocycles. The molecule has 2 aliphatic heterocycles. The Labute approximate surface area is 175 Å². The maximum atomic E-state index is 13.0. The van der Waals surface area contributed by atoms with E-state index in [1.54, 1.807) is 23.3 Å². The number of carbonyl (C=O) groups is 1. The Morgan fingerprint density at radius 2 is 1.93 bits per heavy atom. The number of aromatic nitrogens is 1. The second-order valence-electron chi connectivity index (χ2n) is 7.53. The molecule has 0 bridgehead atoms. The van der Waals surface area contributed by atoms with Crippen molar-refractivity contribution in [3.05, 3.63) is 18.2 Å². The van der Waals surface area contributed by atoms with Gasteiger partial charge in [0.1, 0.15) is 11.8 Å². The molecule has 0 aliphatic carbocycles. The molecule has 8 nitrogen and oxygen atoms in total. The molecule has 2 aliphatic rings. The third-order valence-electron chi connectivity index (χ3n) is 5.61. The van der Waals surface area contributed by atoms with Gasteiger partial charge in [-0.2, -0.15) is 4.31 Å². The van der Waals surface area contributed by atoms with Gasteiger partial charge >= 0.3 is 0 Å². The number of anilines is 1. The van der Waals surface area contributed by atoms with Gasteiger partial charge in [-0.15, -0.1) is 0 Å². The Kier molecular flexibility index (Phi) is 5.67. The number of ether oxygens (including phenoxy) is 1. The minimum absolute atomic E-state index is 0.0659. The largest absolute Gasteiger partial charge is 0.497 e. The van der Waals surface area contributed by atoms with Crippen LogP contribution in [0.15, 0.2) is 18.2 Å². The third kappa shape index (κ3) is 4.19. The lowest BCUT2D eigenvalue weighted by atomic mass is 10.0. The highest BCUT2D eigenvalue weighted by molar-refractivity contribution is 7.88. The molecule has 2 fully saturated rings. The van der Waals surface area contributed by atoms with Gasteiger partial charge in [0, 0.05) is 32.7 Å². The molecule has 3 heterocycles. The predicted octanol–water partition coefficient (Wildman–Crippen LogP) is 1.77. The first kappa shape index (κ1) is 20.4. The highest BCUT2D eigenvalue weighted by atomic mass is 32.2. The highest BCUT2D eigenvalue weighted by Crippen LogP contribution is 2.32. The second kappa shape index (κ2) is 8.08. The normalized spacial score (nSPS) is 21.5. The number of fused-ring (bicyclic) bond motifs is 1. The van der Waals surface area contributed by atoms with Crippen LogP contribution in [0.3, 0.4) is 0 Å². The summed E-state index contributed by atoms with van der Waals surface area (Å²) in [5.41, 5.74) is 0.940. The molecule has 29 heavy (non-hydrogen) atoms. The molecule has 2 aromatic rings. The summed E-state index contributed by atoms with van der Waals surface area (Å²) in [5, 5.41) is 0.941. The van der Waals surface area contributed by atoms with Gasteiger partial charge in [0.05, 0.1) is 23.6 Å². The van der Waals surface area contributed by atoms with Crippen LogP contribution >= 0.6 is 11.3 Å². The van der Waals surface area contributed by atoms with Gasteiger partial charge in [-0.1, -0.05) is 17.8 Å².